The number of aromatic nitrogens is 2. The predicted molar refractivity (Wildman–Crippen MR) is 82.2 cm³/mol. The maximum atomic E-state index is 5.76. The second-order valence-corrected chi connectivity index (χ2v) is 5.72. The van der Waals surface area contributed by atoms with Crippen LogP contribution in [0.5, 0.6) is 0 Å². The molecular formula is C16H27N3O2. The van der Waals surface area contributed by atoms with Crippen molar-refractivity contribution in [2.24, 2.45) is 0 Å². The second kappa shape index (κ2) is 7.29. The van der Waals surface area contributed by atoms with Crippen LogP contribution in [0.3, 0.4) is 0 Å². The number of nitrogens with zero attached hydrogens (tertiary/aromatic N) is 2. The fourth-order valence-electron chi connectivity index (χ4n) is 2.81. The highest BCUT2D eigenvalue weighted by Gasteiger charge is 2.37. The molecule has 0 spiro atoms. The number of hydrogen-bond acceptors (Lipinski definition) is 5. The van der Waals surface area contributed by atoms with Crippen LogP contribution in [0.1, 0.15) is 56.2 Å². The van der Waals surface area contributed by atoms with E-state index in [1.807, 2.05) is 13.1 Å². The van der Waals surface area contributed by atoms with Crippen LogP contribution in [0.15, 0.2) is 6.20 Å². The lowest BCUT2D eigenvalue weighted by Crippen LogP contribution is -2.37. The zero-order chi connectivity index (χ0) is 15.3. The first-order valence-electron chi connectivity index (χ1n) is 7.83. The van der Waals surface area contributed by atoms with Crippen molar-refractivity contribution in [3.63, 3.8) is 0 Å². The third-order valence-electron chi connectivity index (χ3n) is 4.28. The van der Waals surface area contributed by atoms with Crippen molar-refractivity contribution >= 4 is 0 Å². The van der Waals surface area contributed by atoms with Crippen LogP contribution in [-0.4, -0.2) is 36.8 Å². The molecule has 1 saturated heterocycles. The molecule has 21 heavy (non-hydrogen) atoms. The van der Waals surface area contributed by atoms with Crippen LogP contribution in [0, 0.1) is 6.92 Å². The quantitative estimate of drug-likeness (QED) is 0.873. The van der Waals surface area contributed by atoms with Crippen LogP contribution in [-0.2, 0) is 15.1 Å². The Kier molecular flexibility index (Phi) is 5.67. The minimum absolute atomic E-state index is 0.271. The smallest absolute Gasteiger partial charge is 0.160 e. The topological polar surface area (TPSA) is 56.3 Å². The summed E-state index contributed by atoms with van der Waals surface area (Å²) in [6, 6.07) is 0.271. The SMILES string of the molecule is CCCNC(C)c1cnc(C2(OC)CCOCC2)nc1C. The molecule has 1 unspecified atom stereocenters. The van der Waals surface area contributed by atoms with Gasteiger partial charge in [0.2, 0.25) is 0 Å². The van der Waals surface area contributed by atoms with Crippen molar-refractivity contribution in [3.8, 4) is 0 Å². The first-order valence-corrected chi connectivity index (χ1v) is 7.83. The molecule has 5 heteroatoms. The van der Waals surface area contributed by atoms with Gasteiger partial charge in [0.25, 0.3) is 0 Å². The van der Waals surface area contributed by atoms with E-state index >= 15 is 0 Å². The summed E-state index contributed by atoms with van der Waals surface area (Å²) in [7, 11) is 1.74. The average Bonchev–Trinajstić information content (AvgIpc) is 2.53. The van der Waals surface area contributed by atoms with E-state index < -0.39 is 0 Å². The summed E-state index contributed by atoms with van der Waals surface area (Å²) in [5.41, 5.74) is 1.80. The minimum atomic E-state index is -0.387. The summed E-state index contributed by atoms with van der Waals surface area (Å²) in [5.74, 6) is 0.789. The molecule has 2 rings (SSSR count). The number of methoxy groups -OCH3 is 1. The van der Waals surface area contributed by atoms with Crippen molar-refractivity contribution in [2.75, 3.05) is 26.9 Å². The molecule has 0 aromatic carbocycles. The molecular weight excluding hydrogens is 266 g/mol. The Balaban J connectivity index is 2.21. The van der Waals surface area contributed by atoms with Gasteiger partial charge in [0.15, 0.2) is 5.82 Å². The van der Waals surface area contributed by atoms with Crippen molar-refractivity contribution in [1.29, 1.82) is 0 Å². The maximum Gasteiger partial charge on any atom is 0.160 e. The number of nitrogens with one attached hydrogen (secondary N) is 1. The van der Waals surface area contributed by atoms with Gasteiger partial charge in [-0.3, -0.25) is 0 Å². The van der Waals surface area contributed by atoms with Gasteiger partial charge in [-0.2, -0.15) is 0 Å². The zero-order valence-corrected chi connectivity index (χ0v) is 13.6. The minimum Gasteiger partial charge on any atom is -0.381 e. The summed E-state index contributed by atoms with van der Waals surface area (Å²) in [6.45, 7) is 8.77. The average molecular weight is 293 g/mol. The molecule has 1 aliphatic heterocycles. The molecule has 0 bridgehead atoms. The number of rotatable bonds is 6. The summed E-state index contributed by atoms with van der Waals surface area (Å²) in [5, 5.41) is 3.48. The van der Waals surface area contributed by atoms with Crippen molar-refractivity contribution in [2.45, 2.75) is 51.7 Å². The van der Waals surface area contributed by atoms with E-state index in [1.54, 1.807) is 7.11 Å². The number of aryl methyl sites for hydroxylation is 1. The normalized spacial score (nSPS) is 19.4. The van der Waals surface area contributed by atoms with Crippen molar-refractivity contribution < 1.29 is 9.47 Å². The van der Waals surface area contributed by atoms with Crippen LogP contribution in [0.4, 0.5) is 0 Å². The Labute approximate surface area is 127 Å². The fraction of sp³-hybridized carbons (Fsp3) is 0.750. The lowest BCUT2D eigenvalue weighted by molar-refractivity contribution is -0.100. The number of ether oxygens (including phenoxy) is 2. The Morgan fingerprint density at radius 3 is 2.71 bits per heavy atom. The highest BCUT2D eigenvalue weighted by atomic mass is 16.5. The lowest BCUT2D eigenvalue weighted by Gasteiger charge is -2.34. The molecule has 1 aliphatic rings. The standard InChI is InChI=1S/C16H27N3O2/c1-5-8-17-12(2)14-11-18-15(19-13(14)3)16(20-4)6-9-21-10-7-16/h11-12,17H,5-10H2,1-4H3. The van der Waals surface area contributed by atoms with Gasteiger partial charge in [-0.05, 0) is 26.8 Å². The van der Waals surface area contributed by atoms with Gasteiger partial charge in [-0.25, -0.2) is 9.97 Å². The molecule has 118 valence electrons. The van der Waals surface area contributed by atoms with E-state index in [1.165, 1.54) is 0 Å². The van der Waals surface area contributed by atoms with E-state index in [4.69, 9.17) is 14.5 Å². The Bertz CT molecular complexity index is 459. The van der Waals surface area contributed by atoms with Gasteiger partial charge in [-0.15, -0.1) is 0 Å². The van der Waals surface area contributed by atoms with Crippen LogP contribution < -0.4 is 5.32 Å². The lowest BCUT2D eigenvalue weighted by atomic mass is 9.92. The van der Waals surface area contributed by atoms with Crippen LogP contribution in [0.25, 0.3) is 0 Å². The Morgan fingerprint density at radius 2 is 2.14 bits per heavy atom. The van der Waals surface area contributed by atoms with Crippen molar-refractivity contribution in [1.82, 2.24) is 15.3 Å². The van der Waals surface area contributed by atoms with Crippen molar-refractivity contribution in [3.05, 3.63) is 23.3 Å². The molecule has 0 amide bonds. The highest BCUT2D eigenvalue weighted by Crippen LogP contribution is 2.33. The summed E-state index contributed by atoms with van der Waals surface area (Å²) < 4.78 is 11.2. The first kappa shape index (κ1) is 16.3. The Hall–Kier alpha value is -1.04. The molecule has 1 fully saturated rings. The summed E-state index contributed by atoms with van der Waals surface area (Å²) in [4.78, 5) is 9.34. The van der Waals surface area contributed by atoms with E-state index in [0.29, 0.717) is 13.2 Å². The van der Waals surface area contributed by atoms with E-state index in [0.717, 1.165) is 42.9 Å². The van der Waals surface area contributed by atoms with Gasteiger partial charge in [0.05, 0.1) is 0 Å². The van der Waals surface area contributed by atoms with Gasteiger partial charge < -0.3 is 14.8 Å². The van der Waals surface area contributed by atoms with Gasteiger partial charge in [-0.1, -0.05) is 6.92 Å². The highest BCUT2D eigenvalue weighted by molar-refractivity contribution is 5.22. The number of hydrogen-bond donors (Lipinski definition) is 1. The molecule has 1 aromatic rings. The maximum absolute atomic E-state index is 5.76. The first-order chi connectivity index (χ1) is 10.1. The summed E-state index contributed by atoms with van der Waals surface area (Å²) >= 11 is 0. The molecule has 0 radical (unpaired) electrons. The monoisotopic (exact) mass is 293 g/mol. The van der Waals surface area contributed by atoms with E-state index in [2.05, 4.69) is 24.1 Å². The Morgan fingerprint density at radius 1 is 1.43 bits per heavy atom. The summed E-state index contributed by atoms with van der Waals surface area (Å²) in [6.07, 6.45) is 4.69. The molecule has 1 aromatic heterocycles. The van der Waals surface area contributed by atoms with E-state index in [-0.39, 0.29) is 11.6 Å². The van der Waals surface area contributed by atoms with Gasteiger partial charge in [0.1, 0.15) is 5.60 Å². The molecule has 0 aliphatic carbocycles. The largest absolute Gasteiger partial charge is 0.381 e. The molecule has 1 N–H and O–H groups in total. The van der Waals surface area contributed by atoms with E-state index in [9.17, 15) is 0 Å². The predicted octanol–water partition coefficient (Wildman–Crippen LogP) is 2.50. The van der Waals surface area contributed by atoms with Gasteiger partial charge in [0, 0.05) is 56.7 Å². The molecule has 0 saturated carbocycles. The third kappa shape index (κ3) is 3.59. The third-order valence-corrected chi connectivity index (χ3v) is 4.28. The van der Waals surface area contributed by atoms with Crippen LogP contribution >= 0.6 is 0 Å². The van der Waals surface area contributed by atoms with Gasteiger partial charge >= 0.3 is 0 Å². The molecule has 2 heterocycles. The fourth-order valence-corrected chi connectivity index (χ4v) is 2.81. The second-order valence-electron chi connectivity index (χ2n) is 5.72. The van der Waals surface area contributed by atoms with Crippen LogP contribution in [0.2, 0.25) is 0 Å². The molecule has 1 atom stereocenters. The molecule has 5 nitrogen and oxygen atoms in total. The zero-order valence-electron chi connectivity index (χ0n) is 13.6.